The van der Waals surface area contributed by atoms with Crippen LogP contribution in [0.15, 0.2) is 249 Å². The van der Waals surface area contributed by atoms with E-state index < -0.39 is 71.4 Å². The number of pyridine rings is 3. The number of aromatic nitrogens is 13. The van der Waals surface area contributed by atoms with Gasteiger partial charge in [0, 0.05) is 121 Å². The second-order valence-electron chi connectivity index (χ2n) is 31.7. The van der Waals surface area contributed by atoms with Crippen LogP contribution in [-0.2, 0) is 24.0 Å². The number of benzene rings is 7. The summed E-state index contributed by atoms with van der Waals surface area (Å²) >= 11 is 11.6. The second kappa shape index (κ2) is 50.9. The summed E-state index contributed by atoms with van der Waals surface area (Å²) < 4.78 is 68.0. The first-order chi connectivity index (χ1) is 70.0. The highest BCUT2D eigenvalue weighted by molar-refractivity contribution is 6.30. The van der Waals surface area contributed by atoms with Crippen LogP contribution < -0.4 is 78.9 Å². The quantitative estimate of drug-likeness (QED) is 0.0130. The maximum atomic E-state index is 13.9. The zero-order valence-corrected chi connectivity index (χ0v) is 81.2. The van der Waals surface area contributed by atoms with Gasteiger partial charge in [0.25, 0.3) is 5.91 Å². The smallest absolute Gasteiger partial charge is 0.267 e. The summed E-state index contributed by atoms with van der Waals surface area (Å²) in [6.07, 6.45) is 4.04. The van der Waals surface area contributed by atoms with Crippen LogP contribution in [0.25, 0.3) is 61.8 Å². The highest BCUT2D eigenvalue weighted by atomic mass is 35.5. The summed E-state index contributed by atoms with van der Waals surface area (Å²) in [6.45, 7) is 22.1. The summed E-state index contributed by atoms with van der Waals surface area (Å²) in [5, 5.41) is 15.2. The molecule has 5 amide bonds. The predicted octanol–water partition coefficient (Wildman–Crippen LogP) is 17.6. The number of rotatable bonds is 35. The van der Waals surface area contributed by atoms with Crippen LogP contribution in [0.1, 0.15) is 122 Å². The molecular weight excluding hydrogens is 1940 g/mol. The van der Waals surface area contributed by atoms with E-state index in [1.165, 1.54) is 126 Å². The fraction of sp³-hybridized carbons (Fsp3) is 0.146. The monoisotopic (exact) mass is 2030 g/mol. The molecule has 15 N–H and O–H groups in total. The number of Topliss-reactive ketones (excluding diaryl/α,β-unsaturated/α-hetero) is 5. The number of nitrogens with two attached hydrogens (primary N) is 5. The van der Waals surface area contributed by atoms with Gasteiger partial charge in [0.15, 0.2) is 75.3 Å². The van der Waals surface area contributed by atoms with E-state index in [0.717, 1.165) is 12.3 Å². The predicted molar refractivity (Wildman–Crippen MR) is 541 cm³/mol. The van der Waals surface area contributed by atoms with E-state index in [2.05, 4.69) is 96.2 Å². The number of amides is 5. The van der Waals surface area contributed by atoms with Gasteiger partial charge < -0.3 is 78.9 Å². The Hall–Kier alpha value is -19.0. The van der Waals surface area contributed by atoms with Crippen LogP contribution >= 0.6 is 23.2 Å². The van der Waals surface area contributed by atoms with E-state index in [9.17, 15) is 61.1 Å². The molecule has 15 aromatic rings. The Labute approximate surface area is 847 Å². The minimum absolute atomic E-state index is 0.00827. The molecule has 15 rings (SSSR count). The Morgan fingerprint density at radius 3 is 0.946 bits per heavy atom. The first kappa shape index (κ1) is 108. The number of nitrogens with one attached hydrogen (secondary N) is 5. The molecule has 0 radical (unpaired) electrons. The lowest BCUT2D eigenvalue weighted by Gasteiger charge is -2.13. The normalized spacial score (nSPS) is 11.5. The molecule has 7 aromatic carbocycles. The van der Waals surface area contributed by atoms with Gasteiger partial charge in [0.05, 0.1) is 23.8 Å². The Morgan fingerprint density at radius 2 is 0.619 bits per heavy atom. The molecule has 44 heteroatoms. The number of primary amides is 5. The van der Waals surface area contributed by atoms with Crippen molar-refractivity contribution in [1.82, 2.24) is 64.8 Å². The highest BCUT2D eigenvalue weighted by Gasteiger charge is 2.23. The van der Waals surface area contributed by atoms with Crippen molar-refractivity contribution in [2.75, 3.05) is 26.6 Å². The van der Waals surface area contributed by atoms with Crippen LogP contribution in [-0.4, -0.2) is 153 Å². The van der Waals surface area contributed by atoms with Crippen molar-refractivity contribution in [3.8, 4) is 115 Å². The molecule has 0 bridgehead atoms. The zero-order valence-electron chi connectivity index (χ0n) is 79.7. The number of ketones is 5. The molecule has 0 aliphatic rings. The standard InChI is InChI=1S/C22H19N5O3.C21H18ClFN4O3.C20H18ClN5O3.2C20H18FN5O3/c1-13(21(23)29)25-20-12-19(14(2)28)26-22(27-20)15-4-8-17(9-5-15)30-18-10-6-16(24-3)7-11-18;1-11(20(24)29)25-19-10-17(12(2)28)26-21(27-19)13-3-6-15(7-4-13)30-18-8-5-14(22)9-16(18)23;2*1-11(19(22)28)24-17-9-16(12(2)27)25-20(26-17)13-3-6-15(7-4-13)29-18-8-5-14(21)10-23-18;1-11(12(2)27)24-17-10-16(19(22)28)25-20(26-17)13-7-8-23-18(9-13)29-15-5-3-14(21)4-6-15/h4-13H,1-2H3,(H2,23,29)(H,25,26,27);3-11H,1-2H3,(H2,24,29)(H,25,26,27);3*3-11H,1-2H3,(H2,22,28)(H,24,25,26)/t13-;4*11-/m00000/s1. The summed E-state index contributed by atoms with van der Waals surface area (Å²) in [7, 11) is 0. The number of ether oxygens (including phenoxy) is 5. The van der Waals surface area contributed by atoms with Gasteiger partial charge in [0.2, 0.25) is 41.3 Å². The summed E-state index contributed by atoms with van der Waals surface area (Å²) in [4.78, 5) is 174. The van der Waals surface area contributed by atoms with Crippen molar-refractivity contribution in [2.45, 2.75) is 99.4 Å². The van der Waals surface area contributed by atoms with Gasteiger partial charge in [-0.2, -0.15) is 0 Å². The van der Waals surface area contributed by atoms with E-state index in [4.69, 9.17) is 82.1 Å². The lowest BCUT2D eigenvalue weighted by molar-refractivity contribution is -0.119. The van der Waals surface area contributed by atoms with E-state index in [1.807, 2.05) is 0 Å². The number of halogens is 5. The maximum absolute atomic E-state index is 13.9. The summed E-state index contributed by atoms with van der Waals surface area (Å²) in [5.41, 5.74) is 30.9. The summed E-state index contributed by atoms with van der Waals surface area (Å²) in [6, 6.07) is 57.0. The lowest BCUT2D eigenvalue weighted by Crippen LogP contribution is -2.32. The van der Waals surface area contributed by atoms with E-state index in [-0.39, 0.29) is 103 Å². The Kier molecular flexibility index (Phi) is 37.5. The maximum Gasteiger partial charge on any atom is 0.267 e. The molecule has 748 valence electrons. The van der Waals surface area contributed by atoms with Gasteiger partial charge in [0.1, 0.15) is 128 Å². The summed E-state index contributed by atoms with van der Waals surface area (Å²) in [5.74, 6) is 1.56. The van der Waals surface area contributed by atoms with Crippen molar-refractivity contribution in [3.63, 3.8) is 0 Å². The molecule has 0 spiro atoms. The van der Waals surface area contributed by atoms with Crippen LogP contribution in [0, 0.1) is 24.0 Å². The molecular formula is C103H91Cl2F3N24O15. The first-order valence-electron chi connectivity index (χ1n) is 44.0. The van der Waals surface area contributed by atoms with Gasteiger partial charge in [-0.3, -0.25) is 47.9 Å². The van der Waals surface area contributed by atoms with E-state index in [1.54, 1.807) is 180 Å². The Bertz CT molecular complexity index is 7210. The van der Waals surface area contributed by atoms with Crippen molar-refractivity contribution < 1.29 is 84.8 Å². The third-order valence-electron chi connectivity index (χ3n) is 20.1. The number of anilines is 5. The fourth-order valence-corrected chi connectivity index (χ4v) is 12.3. The number of carbonyl (C=O) groups excluding carboxylic acids is 10. The largest absolute Gasteiger partial charge is 0.457 e. The molecule has 5 atom stereocenters. The second-order valence-corrected chi connectivity index (χ2v) is 32.6. The number of hydrogen-bond donors (Lipinski definition) is 10. The zero-order chi connectivity index (χ0) is 106. The molecule has 0 saturated heterocycles. The molecule has 0 unspecified atom stereocenters. The topological polar surface area (TPSA) is 579 Å². The van der Waals surface area contributed by atoms with Crippen LogP contribution in [0.2, 0.25) is 10.0 Å². The molecule has 0 aliphatic carbocycles. The van der Waals surface area contributed by atoms with Gasteiger partial charge in [-0.25, -0.2) is 82.8 Å². The third-order valence-corrected chi connectivity index (χ3v) is 20.6. The SMILES string of the molecule is CC(=O)[C@H](C)Nc1cc(C(N)=O)nc(-c2ccnc(Oc3ccc(F)cc3)c2)n1.CC(=O)c1cc(N[C@@H](C)C(N)=O)nc(-c2ccc(Oc3ccc(Cl)cc3F)cc2)n1.CC(=O)c1cc(N[C@@H](C)C(N)=O)nc(-c2ccc(Oc3ccc(Cl)cn3)cc2)n1.CC(=O)c1cc(N[C@@H](C)C(N)=O)nc(-c2ccc(Oc3ccc(F)cn3)cc2)n1.[C-]#[N+]c1ccc(Oc2ccc(-c3nc(N[C@@H](C)C(N)=O)cc(C(C)=O)n3)cc2)cc1. The minimum atomic E-state index is -0.732. The average molecular weight is 2030 g/mol. The highest BCUT2D eigenvalue weighted by Crippen LogP contribution is 2.35. The minimum Gasteiger partial charge on any atom is -0.457 e. The van der Waals surface area contributed by atoms with Crippen LogP contribution in [0.5, 0.6) is 57.9 Å². The number of nitrogens with zero attached hydrogens (tertiary/aromatic N) is 14. The molecule has 0 saturated carbocycles. The Balaban J connectivity index is 0.000000175. The van der Waals surface area contributed by atoms with Crippen molar-refractivity contribution >= 4 is 116 Å². The van der Waals surface area contributed by atoms with Gasteiger partial charge in [-0.05, 0) is 211 Å². The average Bonchev–Trinajstić information content (AvgIpc) is 0.824. The number of carbonyl (C=O) groups is 10. The molecule has 0 aliphatic heterocycles. The van der Waals surface area contributed by atoms with Gasteiger partial charge in [-0.15, -0.1) is 0 Å². The van der Waals surface area contributed by atoms with Crippen molar-refractivity contribution in [3.05, 3.63) is 316 Å². The van der Waals surface area contributed by atoms with Crippen molar-refractivity contribution in [2.24, 2.45) is 28.7 Å². The van der Waals surface area contributed by atoms with E-state index in [0.29, 0.717) is 120 Å². The molecule has 147 heavy (non-hydrogen) atoms. The first-order valence-corrected chi connectivity index (χ1v) is 44.8. The van der Waals surface area contributed by atoms with Crippen LogP contribution in [0.3, 0.4) is 0 Å². The molecule has 8 heterocycles. The molecule has 8 aromatic heterocycles. The third kappa shape index (κ3) is 32.8. The van der Waals surface area contributed by atoms with E-state index >= 15 is 0 Å². The fourth-order valence-electron chi connectivity index (χ4n) is 12.0. The van der Waals surface area contributed by atoms with Gasteiger partial charge in [-0.1, -0.05) is 35.3 Å². The van der Waals surface area contributed by atoms with Gasteiger partial charge >= 0.3 is 0 Å². The number of hydrogen-bond acceptors (Lipinski definition) is 33. The lowest BCUT2D eigenvalue weighted by atomic mass is 10.2. The van der Waals surface area contributed by atoms with Crippen LogP contribution in [0.4, 0.5) is 47.9 Å². The molecule has 0 fully saturated rings. The Morgan fingerprint density at radius 1 is 0.313 bits per heavy atom. The molecule has 39 nitrogen and oxygen atoms in total. The van der Waals surface area contributed by atoms with Crippen molar-refractivity contribution in [1.29, 1.82) is 0 Å².